The molecular weight excluding hydrogens is 357 g/mol. The van der Waals surface area contributed by atoms with E-state index in [1.807, 2.05) is 53.1 Å². The van der Waals surface area contributed by atoms with Gasteiger partial charge in [0.05, 0.1) is 5.69 Å². The molecule has 5 nitrogen and oxygen atoms in total. The van der Waals surface area contributed by atoms with Gasteiger partial charge in [-0.25, -0.2) is 0 Å². The predicted molar refractivity (Wildman–Crippen MR) is 106 cm³/mol. The number of fused-ring (bicyclic) bond motifs is 1. The van der Waals surface area contributed by atoms with Crippen molar-refractivity contribution in [2.45, 2.75) is 39.4 Å². The molecule has 0 saturated carbocycles. The molecule has 1 aliphatic rings. The van der Waals surface area contributed by atoms with Gasteiger partial charge in [-0.15, -0.1) is 0 Å². The van der Waals surface area contributed by atoms with Gasteiger partial charge in [-0.3, -0.25) is 0 Å². The van der Waals surface area contributed by atoms with E-state index >= 15 is 0 Å². The van der Waals surface area contributed by atoms with Crippen LogP contribution in [0.5, 0.6) is 11.5 Å². The second-order valence-corrected chi connectivity index (χ2v) is 6.84. The van der Waals surface area contributed by atoms with Crippen LogP contribution in [0.15, 0.2) is 48.5 Å². The molecule has 4 rings (SSSR count). The molecule has 28 heavy (non-hydrogen) atoms. The average molecular weight is 381 g/mol. The predicted octanol–water partition coefficient (Wildman–Crippen LogP) is 4.51. The summed E-state index contributed by atoms with van der Waals surface area (Å²) < 4.78 is 27.4. The standard InChI is InChI=1S/C22H24FN3O2/c1-2-3-11-26-18(21(23)25-22(26)17-7-5-4-6-8-17)14-24-13-16-9-10-19-20(12-16)28-15-27-19/h4-10,12,24H,2-3,11,13-15H2,1H3. The third-order valence-electron chi connectivity index (χ3n) is 4.85. The number of hydrogen-bond acceptors (Lipinski definition) is 4. The van der Waals surface area contributed by atoms with E-state index in [1.165, 1.54) is 0 Å². The topological polar surface area (TPSA) is 48.3 Å². The van der Waals surface area contributed by atoms with Crippen LogP contribution in [0.1, 0.15) is 31.0 Å². The normalized spacial score (nSPS) is 12.5. The summed E-state index contributed by atoms with van der Waals surface area (Å²) in [5.74, 6) is 1.80. The Morgan fingerprint density at radius 2 is 1.89 bits per heavy atom. The lowest BCUT2D eigenvalue weighted by atomic mass is 10.2. The maximum absolute atomic E-state index is 14.7. The largest absolute Gasteiger partial charge is 0.454 e. The second kappa shape index (κ2) is 8.44. The van der Waals surface area contributed by atoms with E-state index in [0.717, 1.165) is 42.0 Å². The fourth-order valence-corrected chi connectivity index (χ4v) is 3.37. The Bertz CT molecular complexity index is 940. The minimum atomic E-state index is -0.409. The summed E-state index contributed by atoms with van der Waals surface area (Å²) in [5, 5.41) is 3.33. The van der Waals surface area contributed by atoms with Crippen molar-refractivity contribution in [1.82, 2.24) is 14.9 Å². The highest BCUT2D eigenvalue weighted by atomic mass is 19.1. The number of aromatic nitrogens is 2. The molecule has 0 unspecified atom stereocenters. The molecular formula is C22H24FN3O2. The zero-order valence-electron chi connectivity index (χ0n) is 16.0. The van der Waals surface area contributed by atoms with Crippen LogP contribution in [0.3, 0.4) is 0 Å². The first kappa shape index (κ1) is 18.5. The SMILES string of the molecule is CCCCn1c(-c2ccccc2)nc(F)c1CNCc1ccc2c(c1)OCO2. The summed E-state index contributed by atoms with van der Waals surface area (Å²) in [6.45, 7) is 4.15. The van der Waals surface area contributed by atoms with Gasteiger partial charge in [0.25, 0.3) is 0 Å². The lowest BCUT2D eigenvalue weighted by molar-refractivity contribution is 0.174. The minimum Gasteiger partial charge on any atom is -0.454 e. The van der Waals surface area contributed by atoms with Crippen LogP contribution in [0, 0.1) is 5.95 Å². The third kappa shape index (κ3) is 3.87. The van der Waals surface area contributed by atoms with Crippen LogP contribution in [0.25, 0.3) is 11.4 Å². The smallest absolute Gasteiger partial charge is 0.235 e. The number of rotatable bonds is 8. The molecule has 1 aromatic heterocycles. The zero-order valence-corrected chi connectivity index (χ0v) is 16.0. The zero-order chi connectivity index (χ0) is 19.3. The first-order chi connectivity index (χ1) is 13.8. The van der Waals surface area contributed by atoms with E-state index in [0.29, 0.717) is 24.6 Å². The molecule has 0 saturated heterocycles. The first-order valence-corrected chi connectivity index (χ1v) is 9.66. The molecule has 3 aromatic rings. The van der Waals surface area contributed by atoms with E-state index in [9.17, 15) is 4.39 Å². The summed E-state index contributed by atoms with van der Waals surface area (Å²) in [7, 11) is 0. The first-order valence-electron chi connectivity index (χ1n) is 9.66. The molecule has 2 aromatic carbocycles. The number of benzene rings is 2. The van der Waals surface area contributed by atoms with Gasteiger partial charge in [0.2, 0.25) is 12.7 Å². The number of halogens is 1. The monoisotopic (exact) mass is 381 g/mol. The highest BCUT2D eigenvalue weighted by molar-refractivity contribution is 5.56. The number of nitrogens with zero attached hydrogens (tertiary/aromatic N) is 2. The van der Waals surface area contributed by atoms with Crippen molar-refractivity contribution < 1.29 is 13.9 Å². The third-order valence-corrected chi connectivity index (χ3v) is 4.85. The van der Waals surface area contributed by atoms with E-state index in [-0.39, 0.29) is 6.79 Å². The second-order valence-electron chi connectivity index (χ2n) is 6.84. The van der Waals surface area contributed by atoms with Crippen molar-refractivity contribution in [3.8, 4) is 22.9 Å². The van der Waals surface area contributed by atoms with E-state index in [1.54, 1.807) is 0 Å². The van der Waals surface area contributed by atoms with Crippen LogP contribution >= 0.6 is 0 Å². The van der Waals surface area contributed by atoms with Crippen LogP contribution in [0.4, 0.5) is 4.39 Å². The van der Waals surface area contributed by atoms with Crippen LogP contribution < -0.4 is 14.8 Å². The number of ether oxygens (including phenoxy) is 2. The summed E-state index contributed by atoms with van der Waals surface area (Å²) in [4.78, 5) is 4.23. The van der Waals surface area contributed by atoms with Crippen LogP contribution in [-0.2, 0) is 19.6 Å². The van der Waals surface area contributed by atoms with E-state index < -0.39 is 5.95 Å². The number of hydrogen-bond donors (Lipinski definition) is 1. The van der Waals surface area contributed by atoms with Crippen molar-refractivity contribution in [3.63, 3.8) is 0 Å². The van der Waals surface area contributed by atoms with Crippen molar-refractivity contribution in [1.29, 1.82) is 0 Å². The molecule has 6 heteroatoms. The lowest BCUT2D eigenvalue weighted by Gasteiger charge is -2.12. The fourth-order valence-electron chi connectivity index (χ4n) is 3.37. The summed E-state index contributed by atoms with van der Waals surface area (Å²) in [5.41, 5.74) is 2.58. The van der Waals surface area contributed by atoms with Gasteiger partial charge >= 0.3 is 0 Å². The molecule has 0 aliphatic carbocycles. The minimum absolute atomic E-state index is 0.260. The highest BCUT2D eigenvalue weighted by Crippen LogP contribution is 2.32. The molecule has 0 radical (unpaired) electrons. The quantitative estimate of drug-likeness (QED) is 0.624. The van der Waals surface area contributed by atoms with Gasteiger partial charge in [-0.05, 0) is 24.1 Å². The molecule has 1 N–H and O–H groups in total. The molecule has 1 aliphatic heterocycles. The molecule has 0 fully saturated rings. The molecule has 0 spiro atoms. The molecule has 0 amide bonds. The maximum atomic E-state index is 14.7. The highest BCUT2D eigenvalue weighted by Gasteiger charge is 2.18. The molecule has 146 valence electrons. The lowest BCUT2D eigenvalue weighted by Crippen LogP contribution is -2.17. The Labute approximate surface area is 164 Å². The van der Waals surface area contributed by atoms with Crippen LogP contribution in [-0.4, -0.2) is 16.3 Å². The van der Waals surface area contributed by atoms with Gasteiger partial charge in [-0.1, -0.05) is 49.7 Å². The van der Waals surface area contributed by atoms with E-state index in [4.69, 9.17) is 9.47 Å². The Morgan fingerprint density at radius 1 is 1.07 bits per heavy atom. The average Bonchev–Trinajstić information content (AvgIpc) is 3.31. The Kier molecular flexibility index (Phi) is 5.58. The van der Waals surface area contributed by atoms with Gasteiger partial charge in [-0.2, -0.15) is 9.37 Å². The summed E-state index contributed by atoms with van der Waals surface area (Å²) >= 11 is 0. The van der Waals surface area contributed by atoms with Gasteiger partial charge in [0.1, 0.15) is 5.82 Å². The van der Waals surface area contributed by atoms with Crippen molar-refractivity contribution in [3.05, 3.63) is 65.7 Å². The van der Waals surface area contributed by atoms with Gasteiger partial charge in [0, 0.05) is 25.2 Å². The Balaban J connectivity index is 1.51. The van der Waals surface area contributed by atoms with Crippen molar-refractivity contribution in [2.24, 2.45) is 0 Å². The Morgan fingerprint density at radius 3 is 2.71 bits per heavy atom. The molecule has 0 bridgehead atoms. The molecule has 2 heterocycles. The van der Waals surface area contributed by atoms with Gasteiger partial charge in [0.15, 0.2) is 11.5 Å². The fraction of sp³-hybridized carbons (Fsp3) is 0.318. The molecule has 0 atom stereocenters. The number of unbranched alkanes of at least 4 members (excludes halogenated alkanes) is 1. The Hall–Kier alpha value is -2.86. The van der Waals surface area contributed by atoms with E-state index in [2.05, 4.69) is 17.2 Å². The maximum Gasteiger partial charge on any atom is 0.235 e. The van der Waals surface area contributed by atoms with Crippen molar-refractivity contribution in [2.75, 3.05) is 6.79 Å². The summed E-state index contributed by atoms with van der Waals surface area (Å²) in [6.07, 6.45) is 2.02. The van der Waals surface area contributed by atoms with Gasteiger partial charge < -0.3 is 19.4 Å². The van der Waals surface area contributed by atoms with Crippen molar-refractivity contribution >= 4 is 0 Å². The van der Waals surface area contributed by atoms with Crippen LogP contribution in [0.2, 0.25) is 0 Å². The number of nitrogens with one attached hydrogen (secondary N) is 1. The summed E-state index contributed by atoms with van der Waals surface area (Å²) in [6, 6.07) is 15.6. The number of imidazole rings is 1.